The van der Waals surface area contributed by atoms with E-state index in [2.05, 4.69) is 22.3 Å². The Morgan fingerprint density at radius 3 is 3.00 bits per heavy atom. The van der Waals surface area contributed by atoms with Gasteiger partial charge in [-0.1, -0.05) is 6.92 Å². The van der Waals surface area contributed by atoms with Crippen molar-refractivity contribution in [3.63, 3.8) is 0 Å². The van der Waals surface area contributed by atoms with Crippen LogP contribution < -0.4 is 0 Å². The lowest BCUT2D eigenvalue weighted by Crippen LogP contribution is -1.85. The summed E-state index contributed by atoms with van der Waals surface area (Å²) in [6, 6.07) is 1.96. The van der Waals surface area contributed by atoms with Gasteiger partial charge in [-0.05, 0) is 30.2 Å². The van der Waals surface area contributed by atoms with Crippen LogP contribution in [0, 0.1) is 6.92 Å². The van der Waals surface area contributed by atoms with Gasteiger partial charge in [0.2, 0.25) is 0 Å². The van der Waals surface area contributed by atoms with E-state index in [1.165, 1.54) is 0 Å². The quantitative estimate of drug-likeness (QED) is 0.714. The van der Waals surface area contributed by atoms with E-state index in [0.29, 0.717) is 0 Å². The molecule has 0 saturated carbocycles. The van der Waals surface area contributed by atoms with E-state index in [0.717, 1.165) is 17.1 Å². The third-order valence-corrected chi connectivity index (χ3v) is 1.99. The van der Waals surface area contributed by atoms with E-state index in [4.69, 9.17) is 0 Å². The molecule has 0 aromatic carbocycles. The molecule has 0 aliphatic rings. The normalized spacial score (nSPS) is 10.8. The van der Waals surface area contributed by atoms with Crippen molar-refractivity contribution < 1.29 is 0 Å². The average Bonchev–Trinajstić information content (AvgIpc) is 2.05. The zero-order valence-electron chi connectivity index (χ0n) is 7.32. The summed E-state index contributed by atoms with van der Waals surface area (Å²) in [5.41, 5.74) is 1.98. The SMILES string of the molecule is CCS/C=C/c1cc(C)ncn1. The maximum Gasteiger partial charge on any atom is 0.116 e. The van der Waals surface area contributed by atoms with E-state index in [1.807, 2.05) is 19.1 Å². The number of thioether (sulfide) groups is 1. The summed E-state index contributed by atoms with van der Waals surface area (Å²) >= 11 is 1.77. The molecule has 1 aromatic rings. The fraction of sp³-hybridized carbons (Fsp3) is 0.333. The van der Waals surface area contributed by atoms with Gasteiger partial charge in [0.15, 0.2) is 0 Å². The zero-order chi connectivity index (χ0) is 8.81. The summed E-state index contributed by atoms with van der Waals surface area (Å²) in [7, 11) is 0. The Labute approximate surface area is 77.1 Å². The number of aryl methyl sites for hydroxylation is 1. The first kappa shape index (κ1) is 9.26. The number of nitrogens with zero attached hydrogens (tertiary/aromatic N) is 2. The molecule has 3 heteroatoms. The van der Waals surface area contributed by atoms with Crippen LogP contribution in [0.4, 0.5) is 0 Å². The Hall–Kier alpha value is -0.830. The van der Waals surface area contributed by atoms with Gasteiger partial charge < -0.3 is 0 Å². The maximum absolute atomic E-state index is 4.10. The van der Waals surface area contributed by atoms with Crippen molar-refractivity contribution >= 4 is 17.8 Å². The van der Waals surface area contributed by atoms with Crippen LogP contribution in [0.5, 0.6) is 0 Å². The van der Waals surface area contributed by atoms with Crippen molar-refractivity contribution in [3.8, 4) is 0 Å². The molecule has 0 fully saturated rings. The third-order valence-electron chi connectivity index (χ3n) is 1.33. The van der Waals surface area contributed by atoms with E-state index >= 15 is 0 Å². The molecular weight excluding hydrogens is 168 g/mol. The minimum Gasteiger partial charge on any atom is -0.242 e. The van der Waals surface area contributed by atoms with Crippen LogP contribution in [0.15, 0.2) is 17.8 Å². The summed E-state index contributed by atoms with van der Waals surface area (Å²) < 4.78 is 0. The van der Waals surface area contributed by atoms with Crippen LogP contribution in [0.25, 0.3) is 6.08 Å². The standard InChI is InChI=1S/C9H12N2S/c1-3-12-5-4-9-6-8(2)10-7-11-9/h4-7H,3H2,1-2H3/b5-4+. The molecule has 0 unspecified atom stereocenters. The predicted octanol–water partition coefficient (Wildman–Crippen LogP) is 2.51. The average molecular weight is 180 g/mol. The topological polar surface area (TPSA) is 25.8 Å². The molecule has 0 saturated heterocycles. The second-order valence-electron chi connectivity index (χ2n) is 2.34. The van der Waals surface area contributed by atoms with E-state index in [1.54, 1.807) is 18.1 Å². The molecule has 1 heterocycles. The van der Waals surface area contributed by atoms with Crippen LogP contribution in [-0.4, -0.2) is 15.7 Å². The third kappa shape index (κ3) is 3.05. The first-order chi connectivity index (χ1) is 5.83. The Kier molecular flexibility index (Phi) is 3.80. The molecule has 0 aliphatic heterocycles. The van der Waals surface area contributed by atoms with Gasteiger partial charge in [0.1, 0.15) is 6.33 Å². The van der Waals surface area contributed by atoms with Crippen molar-refractivity contribution in [3.05, 3.63) is 29.2 Å². The van der Waals surface area contributed by atoms with Gasteiger partial charge in [0.25, 0.3) is 0 Å². The fourth-order valence-corrected chi connectivity index (χ4v) is 1.21. The molecule has 64 valence electrons. The highest BCUT2D eigenvalue weighted by molar-refractivity contribution is 8.02. The minimum atomic E-state index is 0.975. The lowest BCUT2D eigenvalue weighted by atomic mass is 10.3. The van der Waals surface area contributed by atoms with Crippen LogP contribution in [0.3, 0.4) is 0 Å². The smallest absolute Gasteiger partial charge is 0.116 e. The first-order valence-corrected chi connectivity index (χ1v) is 4.94. The van der Waals surface area contributed by atoms with E-state index < -0.39 is 0 Å². The molecule has 2 nitrogen and oxygen atoms in total. The monoisotopic (exact) mass is 180 g/mol. The summed E-state index contributed by atoms with van der Waals surface area (Å²) in [5, 5.41) is 2.06. The molecule has 0 amide bonds. The Bertz CT molecular complexity index is 271. The lowest BCUT2D eigenvalue weighted by molar-refractivity contribution is 1.09. The van der Waals surface area contributed by atoms with Crippen LogP contribution in [0.1, 0.15) is 18.3 Å². The second-order valence-corrected chi connectivity index (χ2v) is 3.53. The predicted molar refractivity (Wildman–Crippen MR) is 53.9 cm³/mol. The molecule has 0 radical (unpaired) electrons. The first-order valence-electron chi connectivity index (χ1n) is 3.89. The van der Waals surface area contributed by atoms with Crippen LogP contribution in [-0.2, 0) is 0 Å². The molecule has 0 aliphatic carbocycles. The van der Waals surface area contributed by atoms with Crippen molar-refractivity contribution in [1.29, 1.82) is 0 Å². The number of aromatic nitrogens is 2. The van der Waals surface area contributed by atoms with Gasteiger partial charge >= 0.3 is 0 Å². The molecule has 1 rings (SSSR count). The zero-order valence-corrected chi connectivity index (χ0v) is 8.14. The second kappa shape index (κ2) is 4.93. The van der Waals surface area contributed by atoms with Crippen molar-refractivity contribution in [2.24, 2.45) is 0 Å². The lowest BCUT2D eigenvalue weighted by Gasteiger charge is -1.92. The molecule has 0 bridgehead atoms. The highest BCUT2D eigenvalue weighted by atomic mass is 32.2. The summed E-state index contributed by atoms with van der Waals surface area (Å²) in [6.45, 7) is 4.09. The molecule has 0 atom stereocenters. The maximum atomic E-state index is 4.10. The van der Waals surface area contributed by atoms with Crippen LogP contribution in [0.2, 0.25) is 0 Å². The van der Waals surface area contributed by atoms with Gasteiger partial charge in [0, 0.05) is 5.69 Å². The molecule has 12 heavy (non-hydrogen) atoms. The highest BCUT2D eigenvalue weighted by Gasteiger charge is 1.88. The molecule has 0 N–H and O–H groups in total. The van der Waals surface area contributed by atoms with Crippen molar-refractivity contribution in [1.82, 2.24) is 9.97 Å². The minimum absolute atomic E-state index is 0.975. The number of rotatable bonds is 3. The van der Waals surface area contributed by atoms with Gasteiger partial charge in [-0.3, -0.25) is 0 Å². The molecule has 1 aromatic heterocycles. The number of hydrogen-bond donors (Lipinski definition) is 0. The van der Waals surface area contributed by atoms with Crippen molar-refractivity contribution in [2.75, 3.05) is 5.75 Å². The Morgan fingerprint density at radius 2 is 2.33 bits per heavy atom. The molecule has 0 spiro atoms. The number of hydrogen-bond acceptors (Lipinski definition) is 3. The summed E-state index contributed by atoms with van der Waals surface area (Å²) in [6.07, 6.45) is 3.59. The van der Waals surface area contributed by atoms with Gasteiger partial charge in [-0.2, -0.15) is 0 Å². The summed E-state index contributed by atoms with van der Waals surface area (Å²) in [4.78, 5) is 8.12. The van der Waals surface area contributed by atoms with Gasteiger partial charge in [-0.15, -0.1) is 11.8 Å². The van der Waals surface area contributed by atoms with Gasteiger partial charge in [0.05, 0.1) is 5.69 Å². The van der Waals surface area contributed by atoms with E-state index in [9.17, 15) is 0 Å². The van der Waals surface area contributed by atoms with Gasteiger partial charge in [-0.25, -0.2) is 9.97 Å². The largest absolute Gasteiger partial charge is 0.242 e. The Morgan fingerprint density at radius 1 is 1.50 bits per heavy atom. The highest BCUT2D eigenvalue weighted by Crippen LogP contribution is 2.05. The Balaban J connectivity index is 2.63. The van der Waals surface area contributed by atoms with Crippen LogP contribution >= 0.6 is 11.8 Å². The van der Waals surface area contributed by atoms with Crippen molar-refractivity contribution in [2.45, 2.75) is 13.8 Å². The molecular formula is C9H12N2S. The summed E-state index contributed by atoms with van der Waals surface area (Å²) in [5.74, 6) is 1.10. The fourth-order valence-electron chi connectivity index (χ4n) is 0.780. The van der Waals surface area contributed by atoms with E-state index in [-0.39, 0.29) is 0 Å².